The Labute approximate surface area is 165 Å². The van der Waals surface area contributed by atoms with Crippen molar-refractivity contribution in [1.29, 1.82) is 0 Å². The molecule has 0 bridgehead atoms. The van der Waals surface area contributed by atoms with E-state index in [0.717, 1.165) is 5.39 Å². The molecule has 0 aliphatic carbocycles. The van der Waals surface area contributed by atoms with Gasteiger partial charge >= 0.3 is 6.18 Å². The van der Waals surface area contributed by atoms with Crippen molar-refractivity contribution in [3.63, 3.8) is 0 Å². The molecule has 0 aliphatic rings. The third-order valence-electron chi connectivity index (χ3n) is 4.64. The van der Waals surface area contributed by atoms with Crippen molar-refractivity contribution in [2.24, 2.45) is 0 Å². The molecular weight excluding hydrogens is 383 g/mol. The zero-order valence-electron chi connectivity index (χ0n) is 15.7. The largest absolute Gasteiger partial charge is 0.493 e. The van der Waals surface area contributed by atoms with Crippen LogP contribution in [0.3, 0.4) is 0 Å². The Bertz CT molecular complexity index is 1010. The minimum Gasteiger partial charge on any atom is -0.493 e. The van der Waals surface area contributed by atoms with Crippen molar-refractivity contribution in [2.45, 2.75) is 18.7 Å². The van der Waals surface area contributed by atoms with E-state index in [-0.39, 0.29) is 23.5 Å². The molecule has 0 heterocycles. The average Bonchev–Trinajstić information content (AvgIpc) is 2.71. The Hall–Kier alpha value is -3.06. The molecule has 2 N–H and O–H groups in total. The normalized spacial score (nSPS) is 13.7. The fourth-order valence-electron chi connectivity index (χ4n) is 3.14. The van der Waals surface area contributed by atoms with Gasteiger partial charge in [-0.3, -0.25) is 4.79 Å². The van der Waals surface area contributed by atoms with Gasteiger partial charge in [-0.15, -0.1) is 0 Å². The van der Waals surface area contributed by atoms with Gasteiger partial charge in [-0.1, -0.05) is 60.7 Å². The van der Waals surface area contributed by atoms with Crippen LogP contribution in [-0.2, 0) is 5.60 Å². The van der Waals surface area contributed by atoms with Gasteiger partial charge in [0.2, 0.25) is 5.60 Å². The second-order valence-electron chi connectivity index (χ2n) is 6.50. The van der Waals surface area contributed by atoms with Crippen LogP contribution >= 0.6 is 0 Å². The highest BCUT2D eigenvalue weighted by Crippen LogP contribution is 2.38. The standard InChI is InChI=1S/C22H20F3NO3/c1-2-29-18-13-12-15-8-6-7-11-17(15)19(18)20(27)26-14-21(28,22(23,24)25)16-9-4-3-5-10-16/h3-13,28H,2,14H2,1H3,(H,26,27)/t21-/m0/s1. The van der Waals surface area contributed by atoms with E-state index in [1.165, 1.54) is 24.3 Å². The van der Waals surface area contributed by atoms with Crippen molar-refractivity contribution in [2.75, 3.05) is 13.2 Å². The minimum atomic E-state index is -4.98. The van der Waals surface area contributed by atoms with Gasteiger partial charge in [-0.05, 0) is 29.3 Å². The molecule has 0 unspecified atom stereocenters. The zero-order valence-corrected chi connectivity index (χ0v) is 15.7. The van der Waals surface area contributed by atoms with Gasteiger partial charge < -0.3 is 15.2 Å². The molecule has 0 aliphatic heterocycles. The first-order chi connectivity index (χ1) is 13.8. The quantitative estimate of drug-likeness (QED) is 0.641. The molecule has 1 amide bonds. The van der Waals surface area contributed by atoms with E-state index in [0.29, 0.717) is 5.39 Å². The number of halogens is 3. The molecule has 0 radical (unpaired) electrons. The predicted molar refractivity (Wildman–Crippen MR) is 104 cm³/mol. The number of hydrogen-bond donors (Lipinski definition) is 2. The summed E-state index contributed by atoms with van der Waals surface area (Å²) < 4.78 is 46.5. The van der Waals surface area contributed by atoms with E-state index >= 15 is 0 Å². The number of rotatable bonds is 6. The first-order valence-corrected chi connectivity index (χ1v) is 9.05. The van der Waals surface area contributed by atoms with Crippen molar-refractivity contribution >= 4 is 16.7 Å². The molecule has 29 heavy (non-hydrogen) atoms. The van der Waals surface area contributed by atoms with E-state index in [4.69, 9.17) is 4.74 Å². The zero-order chi connectivity index (χ0) is 21.1. The summed E-state index contributed by atoms with van der Waals surface area (Å²) >= 11 is 0. The van der Waals surface area contributed by atoms with E-state index in [2.05, 4.69) is 5.32 Å². The van der Waals surface area contributed by atoms with Crippen LogP contribution in [0.4, 0.5) is 13.2 Å². The highest BCUT2D eigenvalue weighted by Gasteiger charge is 2.55. The summed E-state index contributed by atoms with van der Waals surface area (Å²) in [6.45, 7) is 0.998. The van der Waals surface area contributed by atoms with E-state index in [1.54, 1.807) is 49.4 Å². The van der Waals surface area contributed by atoms with E-state index < -0.39 is 24.2 Å². The Morgan fingerprint density at radius 1 is 1.00 bits per heavy atom. The maximum absolute atomic E-state index is 13.7. The van der Waals surface area contributed by atoms with Crippen LogP contribution in [0.1, 0.15) is 22.8 Å². The van der Waals surface area contributed by atoms with Crippen LogP contribution in [0.2, 0.25) is 0 Å². The highest BCUT2D eigenvalue weighted by atomic mass is 19.4. The lowest BCUT2D eigenvalue weighted by atomic mass is 9.92. The summed E-state index contributed by atoms with van der Waals surface area (Å²) in [7, 11) is 0. The van der Waals surface area contributed by atoms with Crippen molar-refractivity contribution in [1.82, 2.24) is 5.32 Å². The molecule has 0 spiro atoms. The number of hydrogen-bond acceptors (Lipinski definition) is 3. The molecule has 0 saturated carbocycles. The molecule has 152 valence electrons. The maximum atomic E-state index is 13.7. The Balaban J connectivity index is 1.97. The lowest BCUT2D eigenvalue weighted by Gasteiger charge is -2.31. The molecule has 4 nitrogen and oxygen atoms in total. The van der Waals surface area contributed by atoms with Gasteiger partial charge in [0, 0.05) is 0 Å². The first kappa shape index (κ1) is 20.7. The Morgan fingerprint density at radius 3 is 2.31 bits per heavy atom. The number of alkyl halides is 3. The predicted octanol–water partition coefficient (Wildman–Crippen LogP) is 4.42. The number of carbonyl (C=O) groups excluding carboxylic acids is 1. The molecule has 3 aromatic carbocycles. The van der Waals surface area contributed by atoms with Gasteiger partial charge in [0.15, 0.2) is 0 Å². The summed E-state index contributed by atoms with van der Waals surface area (Å²) in [6, 6.07) is 17.1. The number of aliphatic hydroxyl groups is 1. The maximum Gasteiger partial charge on any atom is 0.423 e. The second-order valence-corrected chi connectivity index (χ2v) is 6.50. The fraction of sp³-hybridized carbons (Fsp3) is 0.227. The number of fused-ring (bicyclic) bond motifs is 1. The molecule has 3 aromatic rings. The van der Waals surface area contributed by atoms with Crippen LogP contribution in [0.15, 0.2) is 66.7 Å². The minimum absolute atomic E-state index is 0.127. The molecule has 1 atom stereocenters. The van der Waals surface area contributed by atoms with Gasteiger partial charge in [0.05, 0.1) is 18.7 Å². The number of ether oxygens (including phenoxy) is 1. The topological polar surface area (TPSA) is 58.6 Å². The number of carbonyl (C=O) groups is 1. The summed E-state index contributed by atoms with van der Waals surface area (Å²) in [6.07, 6.45) is -4.98. The van der Waals surface area contributed by atoms with Gasteiger partial charge in [0.25, 0.3) is 5.91 Å². The Kier molecular flexibility index (Phi) is 5.79. The smallest absolute Gasteiger partial charge is 0.423 e. The van der Waals surface area contributed by atoms with Crippen LogP contribution < -0.4 is 10.1 Å². The third kappa shape index (κ3) is 4.05. The SMILES string of the molecule is CCOc1ccc2ccccc2c1C(=O)NC[C@](O)(c1ccccc1)C(F)(F)F. The summed E-state index contributed by atoms with van der Waals surface area (Å²) in [4.78, 5) is 12.9. The van der Waals surface area contributed by atoms with Crippen molar-refractivity contribution < 1.29 is 27.8 Å². The van der Waals surface area contributed by atoms with Crippen molar-refractivity contribution in [3.05, 3.63) is 77.9 Å². The van der Waals surface area contributed by atoms with Crippen molar-refractivity contribution in [3.8, 4) is 5.75 Å². The third-order valence-corrected chi connectivity index (χ3v) is 4.64. The lowest BCUT2D eigenvalue weighted by molar-refractivity contribution is -0.263. The van der Waals surface area contributed by atoms with Gasteiger partial charge in [-0.2, -0.15) is 13.2 Å². The van der Waals surface area contributed by atoms with E-state index in [1.807, 2.05) is 0 Å². The molecular formula is C22H20F3NO3. The monoisotopic (exact) mass is 403 g/mol. The molecule has 0 aromatic heterocycles. The fourth-order valence-corrected chi connectivity index (χ4v) is 3.14. The van der Waals surface area contributed by atoms with Gasteiger partial charge in [0.1, 0.15) is 5.75 Å². The number of amides is 1. The molecule has 0 fully saturated rings. The Morgan fingerprint density at radius 2 is 1.66 bits per heavy atom. The van der Waals surface area contributed by atoms with Gasteiger partial charge in [-0.25, -0.2) is 0 Å². The molecule has 0 saturated heterocycles. The van der Waals surface area contributed by atoms with E-state index in [9.17, 15) is 23.1 Å². The second kappa shape index (κ2) is 8.13. The average molecular weight is 403 g/mol. The lowest BCUT2D eigenvalue weighted by Crippen LogP contribution is -2.51. The van der Waals surface area contributed by atoms with Crippen LogP contribution in [0.5, 0.6) is 5.75 Å². The summed E-state index contributed by atoms with van der Waals surface area (Å²) in [5, 5.41) is 14.0. The van der Waals surface area contributed by atoms with Crippen LogP contribution in [0.25, 0.3) is 10.8 Å². The molecule has 3 rings (SSSR count). The van der Waals surface area contributed by atoms with Crippen LogP contribution in [0, 0.1) is 0 Å². The summed E-state index contributed by atoms with van der Waals surface area (Å²) in [5.74, 6) is -0.497. The number of benzene rings is 3. The van der Waals surface area contributed by atoms with Crippen LogP contribution in [-0.4, -0.2) is 30.3 Å². The number of nitrogens with one attached hydrogen (secondary N) is 1. The first-order valence-electron chi connectivity index (χ1n) is 9.05. The highest BCUT2D eigenvalue weighted by molar-refractivity contribution is 6.09. The summed E-state index contributed by atoms with van der Waals surface area (Å²) in [5.41, 5.74) is -3.45. The molecule has 7 heteroatoms.